The van der Waals surface area contributed by atoms with Crippen molar-refractivity contribution >= 4 is 37.3 Å². The number of halogens is 1. The Bertz CT molecular complexity index is 552. The predicted molar refractivity (Wildman–Crippen MR) is 81.3 cm³/mol. The molecule has 114 valence electrons. The van der Waals surface area contributed by atoms with Gasteiger partial charge in [0.25, 0.3) is 0 Å². The van der Waals surface area contributed by atoms with Crippen molar-refractivity contribution in [2.45, 2.75) is 36.9 Å². The standard InChI is InChI=1S/C12H18BrNO4S2/c1-14(7-9-4-2-3-5-18-9)20(16,17)11-6-10(8-15)19-12(11)13/h6,9,15H,2-5,7-8H2,1H3. The Morgan fingerprint density at radius 1 is 1.55 bits per heavy atom. The Morgan fingerprint density at radius 3 is 2.85 bits per heavy atom. The maximum Gasteiger partial charge on any atom is 0.244 e. The summed E-state index contributed by atoms with van der Waals surface area (Å²) in [5.74, 6) is 0. The van der Waals surface area contributed by atoms with E-state index in [1.54, 1.807) is 7.05 Å². The number of nitrogens with zero attached hydrogens (tertiary/aromatic N) is 1. The number of hydrogen-bond acceptors (Lipinski definition) is 5. The molecule has 5 nitrogen and oxygen atoms in total. The van der Waals surface area contributed by atoms with Gasteiger partial charge in [0.05, 0.1) is 16.5 Å². The van der Waals surface area contributed by atoms with Gasteiger partial charge in [-0.15, -0.1) is 11.3 Å². The Kier molecular flexibility index (Phi) is 5.61. The summed E-state index contributed by atoms with van der Waals surface area (Å²) in [7, 11) is -1.99. The molecular formula is C12H18BrNO4S2. The molecule has 0 saturated carbocycles. The van der Waals surface area contributed by atoms with Gasteiger partial charge in [-0.25, -0.2) is 8.42 Å². The number of likely N-dealkylation sites (N-methyl/N-ethyl adjacent to an activating group) is 1. The van der Waals surface area contributed by atoms with E-state index < -0.39 is 10.0 Å². The summed E-state index contributed by atoms with van der Waals surface area (Å²) in [6.07, 6.45) is 2.99. The molecule has 8 heteroatoms. The molecule has 0 spiro atoms. The molecule has 0 bridgehead atoms. The van der Waals surface area contributed by atoms with Crippen LogP contribution in [0.1, 0.15) is 24.1 Å². The molecule has 1 saturated heterocycles. The number of ether oxygens (including phenoxy) is 1. The number of aliphatic hydroxyl groups is 1. The van der Waals surface area contributed by atoms with Gasteiger partial charge >= 0.3 is 0 Å². The third kappa shape index (κ3) is 3.61. The van der Waals surface area contributed by atoms with Crippen molar-refractivity contribution in [3.8, 4) is 0 Å². The minimum absolute atomic E-state index is 0.0294. The lowest BCUT2D eigenvalue weighted by Gasteiger charge is -2.26. The van der Waals surface area contributed by atoms with Crippen LogP contribution in [0.3, 0.4) is 0 Å². The molecule has 0 radical (unpaired) electrons. The van der Waals surface area contributed by atoms with Gasteiger partial charge in [-0.2, -0.15) is 4.31 Å². The fourth-order valence-corrected chi connectivity index (χ4v) is 5.85. The van der Waals surface area contributed by atoms with Crippen molar-refractivity contribution in [2.24, 2.45) is 0 Å². The second-order valence-electron chi connectivity index (χ2n) is 4.78. The van der Waals surface area contributed by atoms with E-state index in [2.05, 4.69) is 15.9 Å². The van der Waals surface area contributed by atoms with Crippen molar-refractivity contribution in [3.05, 3.63) is 14.7 Å². The minimum atomic E-state index is -3.55. The summed E-state index contributed by atoms with van der Waals surface area (Å²) in [6.45, 7) is 0.905. The molecule has 2 heterocycles. The molecule has 0 amide bonds. The first-order valence-corrected chi connectivity index (χ1v) is 9.47. The maximum absolute atomic E-state index is 12.5. The Balaban J connectivity index is 2.13. The SMILES string of the molecule is CN(CC1CCCCO1)S(=O)(=O)c1cc(CO)sc1Br. The molecule has 1 unspecified atom stereocenters. The molecular weight excluding hydrogens is 366 g/mol. The average Bonchev–Trinajstić information content (AvgIpc) is 2.82. The van der Waals surface area contributed by atoms with Gasteiger partial charge in [-0.3, -0.25) is 0 Å². The van der Waals surface area contributed by atoms with Crippen LogP contribution in [0.15, 0.2) is 14.7 Å². The second kappa shape index (κ2) is 6.85. The van der Waals surface area contributed by atoms with E-state index in [1.807, 2.05) is 0 Å². The summed E-state index contributed by atoms with van der Waals surface area (Å²) in [5.41, 5.74) is 0. The quantitative estimate of drug-likeness (QED) is 0.845. The zero-order chi connectivity index (χ0) is 14.8. The van der Waals surface area contributed by atoms with E-state index in [-0.39, 0.29) is 17.6 Å². The average molecular weight is 384 g/mol. The molecule has 1 fully saturated rings. The fraction of sp³-hybridized carbons (Fsp3) is 0.667. The van der Waals surface area contributed by atoms with Gasteiger partial charge in [0.1, 0.15) is 4.90 Å². The summed E-state index contributed by atoms with van der Waals surface area (Å²) in [6, 6.07) is 1.52. The molecule has 1 aliphatic heterocycles. The third-order valence-corrected chi connectivity index (χ3v) is 7.35. The van der Waals surface area contributed by atoms with E-state index in [9.17, 15) is 8.42 Å². The smallest absolute Gasteiger partial charge is 0.244 e. The van der Waals surface area contributed by atoms with Gasteiger partial charge in [-0.05, 0) is 41.3 Å². The molecule has 20 heavy (non-hydrogen) atoms. The fourth-order valence-electron chi connectivity index (χ4n) is 2.16. The van der Waals surface area contributed by atoms with Crippen LogP contribution < -0.4 is 0 Å². The van der Waals surface area contributed by atoms with Gasteiger partial charge in [0.2, 0.25) is 10.0 Å². The molecule has 0 aromatic carbocycles. The van der Waals surface area contributed by atoms with Crippen LogP contribution in [0.2, 0.25) is 0 Å². The van der Waals surface area contributed by atoms with Gasteiger partial charge in [0, 0.05) is 25.1 Å². The summed E-state index contributed by atoms with van der Waals surface area (Å²) < 4.78 is 32.5. The monoisotopic (exact) mass is 383 g/mol. The minimum Gasteiger partial charge on any atom is -0.391 e. The van der Waals surface area contributed by atoms with Crippen LogP contribution in [-0.2, 0) is 21.4 Å². The van der Waals surface area contributed by atoms with Crippen LogP contribution >= 0.6 is 27.3 Å². The highest BCUT2D eigenvalue weighted by molar-refractivity contribution is 9.11. The number of hydrogen-bond donors (Lipinski definition) is 1. The normalized spacial score (nSPS) is 20.5. The lowest BCUT2D eigenvalue weighted by molar-refractivity contribution is 0.00858. The molecule has 1 aliphatic rings. The largest absolute Gasteiger partial charge is 0.391 e. The number of sulfonamides is 1. The highest BCUT2D eigenvalue weighted by atomic mass is 79.9. The van der Waals surface area contributed by atoms with Crippen molar-refractivity contribution in [1.82, 2.24) is 4.31 Å². The van der Waals surface area contributed by atoms with E-state index >= 15 is 0 Å². The molecule has 1 aromatic rings. The summed E-state index contributed by atoms with van der Waals surface area (Å²) >= 11 is 4.49. The first-order chi connectivity index (χ1) is 9.45. The van der Waals surface area contributed by atoms with Crippen molar-refractivity contribution < 1.29 is 18.3 Å². The number of aliphatic hydroxyl groups excluding tert-OH is 1. The van der Waals surface area contributed by atoms with Crippen LogP contribution in [0.25, 0.3) is 0 Å². The zero-order valence-corrected chi connectivity index (χ0v) is 14.4. The first kappa shape index (κ1) is 16.4. The Labute approximate surface area is 131 Å². The predicted octanol–water partition coefficient (Wildman–Crippen LogP) is 2.19. The molecule has 1 aromatic heterocycles. The van der Waals surface area contributed by atoms with Gasteiger partial charge in [-0.1, -0.05) is 0 Å². The molecule has 1 atom stereocenters. The number of thiophene rings is 1. The highest BCUT2D eigenvalue weighted by Gasteiger charge is 2.28. The number of rotatable bonds is 5. The van der Waals surface area contributed by atoms with Crippen LogP contribution in [-0.4, -0.2) is 44.1 Å². The van der Waals surface area contributed by atoms with Gasteiger partial charge in [0.15, 0.2) is 0 Å². The maximum atomic E-state index is 12.5. The van der Waals surface area contributed by atoms with E-state index in [1.165, 1.54) is 21.7 Å². The molecule has 2 rings (SSSR count). The van der Waals surface area contributed by atoms with Crippen molar-refractivity contribution in [3.63, 3.8) is 0 Å². The Morgan fingerprint density at radius 2 is 2.30 bits per heavy atom. The lowest BCUT2D eigenvalue weighted by atomic mass is 10.1. The van der Waals surface area contributed by atoms with Gasteiger partial charge < -0.3 is 9.84 Å². The molecule has 0 aliphatic carbocycles. The summed E-state index contributed by atoms with van der Waals surface area (Å²) in [4.78, 5) is 0.836. The Hall–Kier alpha value is 0.01000. The van der Waals surface area contributed by atoms with E-state index in [4.69, 9.17) is 9.84 Å². The molecule has 1 N–H and O–H groups in total. The van der Waals surface area contributed by atoms with Crippen molar-refractivity contribution in [1.29, 1.82) is 0 Å². The van der Waals surface area contributed by atoms with E-state index in [0.717, 1.165) is 19.3 Å². The summed E-state index contributed by atoms with van der Waals surface area (Å²) in [5, 5.41) is 9.10. The van der Waals surface area contributed by atoms with Crippen LogP contribution in [0.5, 0.6) is 0 Å². The topological polar surface area (TPSA) is 66.8 Å². The van der Waals surface area contributed by atoms with E-state index in [0.29, 0.717) is 21.8 Å². The second-order valence-corrected chi connectivity index (χ2v) is 9.25. The van der Waals surface area contributed by atoms with Crippen LogP contribution in [0, 0.1) is 0 Å². The lowest BCUT2D eigenvalue weighted by Crippen LogP contribution is -2.37. The first-order valence-electron chi connectivity index (χ1n) is 6.42. The van der Waals surface area contributed by atoms with Crippen molar-refractivity contribution in [2.75, 3.05) is 20.2 Å². The third-order valence-electron chi connectivity index (χ3n) is 3.29. The highest BCUT2D eigenvalue weighted by Crippen LogP contribution is 2.33. The van der Waals surface area contributed by atoms with Crippen LogP contribution in [0.4, 0.5) is 0 Å². The zero-order valence-electron chi connectivity index (χ0n) is 11.2.